The number of hydrogen-bond acceptors (Lipinski definition) is 2. The molecule has 1 radical (unpaired) electrons. The minimum Gasteiger partial charge on any atom is -0.286 e. The number of unbranched alkanes of at least 4 members (excludes halogenated alkanes) is 1. The fraction of sp³-hybridized carbons (Fsp3) is 0.889. The predicted molar refractivity (Wildman–Crippen MR) is 54.0 cm³/mol. The maximum Gasteiger partial charge on any atom is 0.264 e. The van der Waals surface area contributed by atoms with Crippen LogP contribution in [0.25, 0.3) is 0 Å². The van der Waals surface area contributed by atoms with Gasteiger partial charge in [-0.25, -0.2) is 0 Å². The molecule has 3 nitrogen and oxygen atoms in total. The Balaban J connectivity index is 3.89. The van der Waals surface area contributed by atoms with Gasteiger partial charge in [0.1, 0.15) is 0 Å². The summed E-state index contributed by atoms with van der Waals surface area (Å²) in [5.74, 6) is -0.184. The second kappa shape index (κ2) is 4.96. The lowest BCUT2D eigenvalue weighted by molar-refractivity contribution is 0.354. The van der Waals surface area contributed by atoms with Gasteiger partial charge < -0.3 is 0 Å². The standard InChI is InChI=1S/C9H19O3S/c1-4-5-6-9(2,3)7-8-13(10,11)12/h2,4-8H2,1,3H3,(H,10,11,12). The second-order valence-electron chi connectivity index (χ2n) is 3.95. The van der Waals surface area contributed by atoms with Crippen molar-refractivity contribution in [2.24, 2.45) is 5.41 Å². The molecule has 79 valence electrons. The topological polar surface area (TPSA) is 54.4 Å². The highest BCUT2D eigenvalue weighted by molar-refractivity contribution is 7.85. The molecule has 0 aliphatic rings. The van der Waals surface area contributed by atoms with Crippen LogP contribution in [0, 0.1) is 12.3 Å². The minimum atomic E-state index is -3.82. The molecule has 0 aliphatic carbocycles. The highest BCUT2D eigenvalue weighted by Crippen LogP contribution is 2.27. The molecule has 0 saturated carbocycles. The molecule has 0 bridgehead atoms. The van der Waals surface area contributed by atoms with Crippen LogP contribution in [0.4, 0.5) is 0 Å². The maximum absolute atomic E-state index is 10.5. The predicted octanol–water partition coefficient (Wildman–Crippen LogP) is 2.29. The molecule has 0 rings (SSSR count). The van der Waals surface area contributed by atoms with E-state index in [1.807, 2.05) is 6.92 Å². The van der Waals surface area contributed by atoms with Gasteiger partial charge in [0, 0.05) is 0 Å². The zero-order chi connectivity index (χ0) is 10.5. The Morgan fingerprint density at radius 1 is 1.38 bits per heavy atom. The van der Waals surface area contributed by atoms with E-state index in [9.17, 15) is 8.42 Å². The molecule has 0 aromatic carbocycles. The third-order valence-corrected chi connectivity index (χ3v) is 2.82. The molecule has 1 atom stereocenters. The van der Waals surface area contributed by atoms with E-state index in [0.717, 1.165) is 19.3 Å². The van der Waals surface area contributed by atoms with Crippen molar-refractivity contribution in [2.45, 2.75) is 39.5 Å². The van der Waals surface area contributed by atoms with E-state index in [1.165, 1.54) is 0 Å². The molecule has 0 saturated heterocycles. The monoisotopic (exact) mass is 207 g/mol. The Bertz CT molecular complexity index is 229. The van der Waals surface area contributed by atoms with Gasteiger partial charge in [-0.05, 0) is 25.2 Å². The summed E-state index contributed by atoms with van der Waals surface area (Å²) in [6.07, 6.45) is 3.45. The summed E-state index contributed by atoms with van der Waals surface area (Å²) < 4.78 is 29.5. The van der Waals surface area contributed by atoms with Crippen LogP contribution in [-0.2, 0) is 10.1 Å². The quantitative estimate of drug-likeness (QED) is 0.680. The smallest absolute Gasteiger partial charge is 0.264 e. The van der Waals surface area contributed by atoms with Crippen molar-refractivity contribution in [1.82, 2.24) is 0 Å². The van der Waals surface area contributed by atoms with Gasteiger partial charge in [0.25, 0.3) is 10.1 Å². The van der Waals surface area contributed by atoms with Gasteiger partial charge in [0.2, 0.25) is 0 Å². The van der Waals surface area contributed by atoms with Gasteiger partial charge >= 0.3 is 0 Å². The summed E-state index contributed by atoms with van der Waals surface area (Å²) in [5, 5.41) is 0. The lowest BCUT2D eigenvalue weighted by Gasteiger charge is -2.23. The van der Waals surface area contributed by atoms with Crippen molar-refractivity contribution in [2.75, 3.05) is 5.75 Å². The van der Waals surface area contributed by atoms with E-state index in [4.69, 9.17) is 4.55 Å². The molecule has 0 spiro atoms. The van der Waals surface area contributed by atoms with Crippen LogP contribution in [0.1, 0.15) is 39.5 Å². The summed E-state index contributed by atoms with van der Waals surface area (Å²) in [6.45, 7) is 7.94. The van der Waals surface area contributed by atoms with E-state index in [-0.39, 0.29) is 11.2 Å². The average Bonchev–Trinajstić information content (AvgIpc) is 1.97. The first-order valence-electron chi connectivity index (χ1n) is 4.57. The summed E-state index contributed by atoms with van der Waals surface area (Å²) in [5.41, 5.74) is -0.230. The second-order valence-corrected chi connectivity index (χ2v) is 5.52. The van der Waals surface area contributed by atoms with Gasteiger partial charge in [-0.1, -0.05) is 26.7 Å². The van der Waals surface area contributed by atoms with Crippen LogP contribution < -0.4 is 0 Å². The normalized spacial score (nSPS) is 13.2. The number of hydrogen-bond donors (Lipinski definition) is 1. The molecule has 0 aliphatic heterocycles. The van der Waals surface area contributed by atoms with Gasteiger partial charge in [-0.2, -0.15) is 8.42 Å². The molecular formula is C9H19O3S. The first-order valence-corrected chi connectivity index (χ1v) is 6.18. The molecule has 0 aromatic heterocycles. The van der Waals surface area contributed by atoms with E-state index < -0.39 is 10.1 Å². The van der Waals surface area contributed by atoms with E-state index >= 15 is 0 Å². The molecule has 1 N–H and O–H groups in total. The van der Waals surface area contributed by atoms with E-state index in [0.29, 0.717) is 6.42 Å². The van der Waals surface area contributed by atoms with Crippen molar-refractivity contribution >= 4 is 10.1 Å². The van der Waals surface area contributed by atoms with Crippen molar-refractivity contribution in [1.29, 1.82) is 0 Å². The van der Waals surface area contributed by atoms with Gasteiger partial charge in [-0.15, -0.1) is 0 Å². The molecule has 0 amide bonds. The van der Waals surface area contributed by atoms with Gasteiger partial charge in [0.05, 0.1) is 5.75 Å². The van der Waals surface area contributed by atoms with Gasteiger partial charge in [-0.3, -0.25) is 4.55 Å². The molecule has 0 aromatic rings. The average molecular weight is 207 g/mol. The Labute approximate surface area is 81.3 Å². The lowest BCUT2D eigenvalue weighted by Crippen LogP contribution is -2.17. The van der Waals surface area contributed by atoms with Crippen molar-refractivity contribution in [3.63, 3.8) is 0 Å². The Morgan fingerprint density at radius 3 is 2.31 bits per heavy atom. The molecular weight excluding hydrogens is 188 g/mol. The molecule has 4 heteroatoms. The highest BCUT2D eigenvalue weighted by Gasteiger charge is 2.19. The maximum atomic E-state index is 10.5. The lowest BCUT2D eigenvalue weighted by atomic mass is 9.85. The fourth-order valence-corrected chi connectivity index (χ4v) is 1.85. The number of rotatable bonds is 6. The third-order valence-electron chi connectivity index (χ3n) is 2.10. The Hall–Kier alpha value is -0.0900. The molecule has 0 fully saturated rings. The van der Waals surface area contributed by atoms with Crippen LogP contribution in [-0.4, -0.2) is 18.7 Å². The van der Waals surface area contributed by atoms with Crippen LogP contribution >= 0.6 is 0 Å². The van der Waals surface area contributed by atoms with Gasteiger partial charge in [0.15, 0.2) is 0 Å². The van der Waals surface area contributed by atoms with Crippen LogP contribution in [0.3, 0.4) is 0 Å². The van der Waals surface area contributed by atoms with E-state index in [1.54, 1.807) is 0 Å². The Morgan fingerprint density at radius 2 is 1.92 bits per heavy atom. The zero-order valence-corrected chi connectivity index (χ0v) is 9.23. The largest absolute Gasteiger partial charge is 0.286 e. The van der Waals surface area contributed by atoms with Crippen LogP contribution in [0.2, 0.25) is 0 Å². The minimum absolute atomic E-state index is 0.184. The summed E-state index contributed by atoms with van der Waals surface area (Å²) in [7, 11) is -3.82. The first-order chi connectivity index (χ1) is 5.77. The SMILES string of the molecule is [CH2]C(C)(CCCC)CCS(=O)(=O)O. The van der Waals surface area contributed by atoms with Crippen molar-refractivity contribution in [3.05, 3.63) is 6.92 Å². The molecule has 1 unspecified atom stereocenters. The van der Waals surface area contributed by atoms with Crippen LogP contribution in [0.5, 0.6) is 0 Å². The fourth-order valence-electron chi connectivity index (χ4n) is 1.10. The Kier molecular flexibility index (Phi) is 4.92. The van der Waals surface area contributed by atoms with E-state index in [2.05, 4.69) is 13.8 Å². The molecule has 13 heavy (non-hydrogen) atoms. The van der Waals surface area contributed by atoms with Crippen molar-refractivity contribution in [3.8, 4) is 0 Å². The summed E-state index contributed by atoms with van der Waals surface area (Å²) in [6, 6.07) is 0. The summed E-state index contributed by atoms with van der Waals surface area (Å²) in [4.78, 5) is 0. The molecule has 0 heterocycles. The first kappa shape index (κ1) is 12.9. The zero-order valence-electron chi connectivity index (χ0n) is 8.41. The highest BCUT2D eigenvalue weighted by atomic mass is 32.2. The third kappa shape index (κ3) is 8.25. The summed E-state index contributed by atoms with van der Waals surface area (Å²) >= 11 is 0. The van der Waals surface area contributed by atoms with Crippen LogP contribution in [0.15, 0.2) is 0 Å². The van der Waals surface area contributed by atoms with Crippen molar-refractivity contribution < 1.29 is 13.0 Å².